The molecule has 0 saturated heterocycles. The standard InChI is InChI=1S/C15H21N2O6P/c1-4-21-14(18)11-10-17-12(8-7-9-13(17)16-11)15(19)24(20,22-5-2)23-6-3/h7-10,15,19H,4-6H2,1-3H3. The fourth-order valence-corrected chi connectivity index (χ4v) is 3.86. The predicted octanol–water partition coefficient (Wildman–Crippen LogP) is 2.77. The summed E-state index contributed by atoms with van der Waals surface area (Å²) in [5.74, 6) is -2.08. The zero-order valence-corrected chi connectivity index (χ0v) is 14.7. The van der Waals surface area contributed by atoms with Crippen LogP contribution in [0.1, 0.15) is 42.8 Å². The number of hydrogen-bond acceptors (Lipinski definition) is 7. The summed E-state index contributed by atoms with van der Waals surface area (Å²) in [5.41, 5.74) is 0.758. The van der Waals surface area contributed by atoms with E-state index in [0.29, 0.717) is 5.65 Å². The van der Waals surface area contributed by atoms with Crippen molar-refractivity contribution in [1.82, 2.24) is 9.38 Å². The van der Waals surface area contributed by atoms with Gasteiger partial charge in [-0.2, -0.15) is 0 Å². The van der Waals surface area contributed by atoms with Crippen molar-refractivity contribution in [3.63, 3.8) is 0 Å². The van der Waals surface area contributed by atoms with Crippen LogP contribution in [0.25, 0.3) is 5.65 Å². The van der Waals surface area contributed by atoms with Crippen LogP contribution in [-0.4, -0.2) is 40.3 Å². The Labute approximate surface area is 139 Å². The zero-order chi connectivity index (χ0) is 17.7. The Hall–Kier alpha value is -1.73. The average molecular weight is 356 g/mol. The Bertz CT molecular complexity index is 750. The third kappa shape index (κ3) is 3.67. The number of aliphatic hydroxyl groups is 1. The number of imidazole rings is 1. The summed E-state index contributed by atoms with van der Waals surface area (Å²) in [6.07, 6.45) is 1.42. The molecule has 0 spiro atoms. The number of esters is 1. The molecular weight excluding hydrogens is 335 g/mol. The van der Waals surface area contributed by atoms with Crippen LogP contribution in [-0.2, 0) is 18.3 Å². The van der Waals surface area contributed by atoms with Gasteiger partial charge in [-0.3, -0.25) is 8.97 Å². The van der Waals surface area contributed by atoms with Crippen molar-refractivity contribution in [2.45, 2.75) is 26.6 Å². The molecule has 0 fully saturated rings. The number of aromatic nitrogens is 2. The molecule has 1 N–H and O–H groups in total. The second-order valence-corrected chi connectivity index (χ2v) is 6.86. The maximum absolute atomic E-state index is 12.8. The Balaban J connectivity index is 2.47. The van der Waals surface area contributed by atoms with Crippen LogP contribution in [0.5, 0.6) is 0 Å². The Morgan fingerprint density at radius 2 is 1.92 bits per heavy atom. The van der Waals surface area contributed by atoms with E-state index in [4.69, 9.17) is 13.8 Å². The van der Waals surface area contributed by atoms with Crippen molar-refractivity contribution >= 4 is 19.2 Å². The summed E-state index contributed by atoms with van der Waals surface area (Å²) in [6, 6.07) is 4.86. The molecule has 0 bridgehead atoms. The molecule has 8 nitrogen and oxygen atoms in total. The predicted molar refractivity (Wildman–Crippen MR) is 87.0 cm³/mol. The fraction of sp³-hybridized carbons (Fsp3) is 0.467. The fourth-order valence-electron chi connectivity index (χ4n) is 2.25. The van der Waals surface area contributed by atoms with Crippen LogP contribution >= 0.6 is 7.60 Å². The summed E-state index contributed by atoms with van der Waals surface area (Å²) in [5, 5.41) is 10.6. The lowest BCUT2D eigenvalue weighted by Crippen LogP contribution is -2.09. The van der Waals surface area contributed by atoms with Gasteiger partial charge in [0, 0.05) is 6.20 Å². The van der Waals surface area contributed by atoms with E-state index in [1.165, 1.54) is 10.6 Å². The summed E-state index contributed by atoms with van der Waals surface area (Å²) < 4.78 is 29.5. The first-order valence-electron chi connectivity index (χ1n) is 7.68. The van der Waals surface area contributed by atoms with Gasteiger partial charge in [0.15, 0.2) is 11.5 Å². The minimum absolute atomic E-state index is 0.0964. The lowest BCUT2D eigenvalue weighted by Gasteiger charge is -2.23. The maximum Gasteiger partial charge on any atom is 0.364 e. The average Bonchev–Trinajstić information content (AvgIpc) is 2.99. The monoisotopic (exact) mass is 356 g/mol. The molecule has 0 aliphatic heterocycles. The minimum Gasteiger partial charge on any atom is -0.461 e. The van der Waals surface area contributed by atoms with Gasteiger partial charge in [-0.25, -0.2) is 9.78 Å². The number of hydrogen-bond donors (Lipinski definition) is 1. The molecule has 1 atom stereocenters. The summed E-state index contributed by atoms with van der Waals surface area (Å²) >= 11 is 0. The molecule has 0 aliphatic rings. The van der Waals surface area contributed by atoms with Crippen LogP contribution in [0.15, 0.2) is 24.4 Å². The molecule has 132 valence electrons. The van der Waals surface area contributed by atoms with Crippen LogP contribution in [0.4, 0.5) is 0 Å². The molecule has 2 aromatic heterocycles. The van der Waals surface area contributed by atoms with E-state index >= 15 is 0 Å². The van der Waals surface area contributed by atoms with E-state index < -0.39 is 19.4 Å². The van der Waals surface area contributed by atoms with Gasteiger partial charge in [0.2, 0.25) is 0 Å². The molecule has 24 heavy (non-hydrogen) atoms. The van der Waals surface area contributed by atoms with Crippen LogP contribution in [0.2, 0.25) is 0 Å². The van der Waals surface area contributed by atoms with Gasteiger partial charge >= 0.3 is 13.6 Å². The highest BCUT2D eigenvalue weighted by molar-refractivity contribution is 7.54. The molecule has 0 amide bonds. The van der Waals surface area contributed by atoms with Gasteiger partial charge in [-0.05, 0) is 32.9 Å². The molecule has 9 heteroatoms. The number of fused-ring (bicyclic) bond motifs is 1. The quantitative estimate of drug-likeness (QED) is 0.573. The van der Waals surface area contributed by atoms with Crippen LogP contribution in [0.3, 0.4) is 0 Å². The van der Waals surface area contributed by atoms with Crippen molar-refractivity contribution in [3.05, 3.63) is 35.8 Å². The molecule has 2 rings (SSSR count). The number of carbonyl (C=O) groups excluding carboxylic acids is 1. The number of aliphatic hydroxyl groups excluding tert-OH is 1. The third-order valence-corrected chi connectivity index (χ3v) is 5.29. The lowest BCUT2D eigenvalue weighted by molar-refractivity contribution is 0.0520. The molecule has 2 aromatic rings. The summed E-state index contributed by atoms with van der Waals surface area (Å²) in [7, 11) is -3.77. The van der Waals surface area contributed by atoms with E-state index in [2.05, 4.69) is 4.98 Å². The van der Waals surface area contributed by atoms with E-state index in [1.807, 2.05) is 0 Å². The maximum atomic E-state index is 12.8. The van der Waals surface area contributed by atoms with Gasteiger partial charge in [0.1, 0.15) is 5.65 Å². The van der Waals surface area contributed by atoms with Gasteiger partial charge < -0.3 is 18.9 Å². The Morgan fingerprint density at radius 1 is 1.25 bits per heavy atom. The van der Waals surface area contributed by atoms with Gasteiger partial charge in [-0.1, -0.05) is 6.07 Å². The van der Waals surface area contributed by atoms with E-state index in [1.54, 1.807) is 39.0 Å². The first kappa shape index (κ1) is 18.6. The molecule has 0 radical (unpaired) electrons. The smallest absolute Gasteiger partial charge is 0.364 e. The second-order valence-electron chi connectivity index (χ2n) is 4.77. The van der Waals surface area contributed by atoms with E-state index in [-0.39, 0.29) is 31.2 Å². The normalized spacial score (nSPS) is 13.2. The van der Waals surface area contributed by atoms with E-state index in [0.717, 1.165) is 0 Å². The van der Waals surface area contributed by atoms with Crippen LogP contribution in [0, 0.1) is 0 Å². The highest BCUT2D eigenvalue weighted by atomic mass is 31.2. The van der Waals surface area contributed by atoms with Gasteiger partial charge in [0.05, 0.1) is 25.5 Å². The van der Waals surface area contributed by atoms with Gasteiger partial charge in [-0.15, -0.1) is 0 Å². The van der Waals surface area contributed by atoms with Crippen molar-refractivity contribution < 1.29 is 28.3 Å². The summed E-state index contributed by atoms with van der Waals surface area (Å²) in [6.45, 7) is 5.50. The van der Waals surface area contributed by atoms with Gasteiger partial charge in [0.25, 0.3) is 0 Å². The number of nitrogens with zero attached hydrogens (tertiary/aromatic N) is 2. The van der Waals surface area contributed by atoms with Crippen LogP contribution < -0.4 is 0 Å². The number of ether oxygens (including phenoxy) is 1. The number of pyridine rings is 1. The first-order valence-corrected chi connectivity index (χ1v) is 9.30. The largest absolute Gasteiger partial charge is 0.461 e. The highest BCUT2D eigenvalue weighted by Gasteiger charge is 2.37. The SMILES string of the molecule is CCOC(=O)c1cn2c(C(O)P(=O)(OCC)OCC)cccc2n1. The third-order valence-electron chi connectivity index (χ3n) is 3.19. The highest BCUT2D eigenvalue weighted by Crippen LogP contribution is 2.59. The van der Waals surface area contributed by atoms with Crippen molar-refractivity contribution in [3.8, 4) is 0 Å². The van der Waals surface area contributed by atoms with Crippen molar-refractivity contribution in [2.24, 2.45) is 0 Å². The Morgan fingerprint density at radius 3 is 2.50 bits per heavy atom. The van der Waals surface area contributed by atoms with Crippen molar-refractivity contribution in [1.29, 1.82) is 0 Å². The molecule has 2 heterocycles. The number of carbonyl (C=O) groups is 1. The molecular formula is C15H21N2O6P. The Kier molecular flexibility index (Phi) is 6.12. The summed E-state index contributed by atoms with van der Waals surface area (Å²) in [4.78, 5) is 16.0. The molecule has 0 saturated carbocycles. The van der Waals surface area contributed by atoms with E-state index in [9.17, 15) is 14.5 Å². The second kappa shape index (κ2) is 7.90. The zero-order valence-electron chi connectivity index (χ0n) is 13.8. The molecule has 0 aromatic carbocycles. The topological polar surface area (TPSA) is 99.4 Å². The van der Waals surface area contributed by atoms with Crippen molar-refractivity contribution in [2.75, 3.05) is 19.8 Å². The first-order chi connectivity index (χ1) is 11.5. The molecule has 0 aliphatic carbocycles. The lowest BCUT2D eigenvalue weighted by atomic mass is 10.3. The number of rotatable bonds is 8. The molecule has 1 unspecified atom stereocenters. The minimum atomic E-state index is -3.77.